The molecule has 2 fully saturated rings. The summed E-state index contributed by atoms with van der Waals surface area (Å²) in [6.45, 7) is 0.915. The molecule has 5 heteroatoms. The molecule has 1 aromatic heterocycles. The van der Waals surface area contributed by atoms with Gasteiger partial charge in [-0.1, -0.05) is 12.1 Å². The Hall–Kier alpha value is -2.40. The number of nitrogens with one attached hydrogen (secondary N) is 2. The third-order valence-electron chi connectivity index (χ3n) is 5.75. The minimum Gasteiger partial charge on any atom is -0.361 e. The Morgan fingerprint density at radius 2 is 1.96 bits per heavy atom. The Kier molecular flexibility index (Phi) is 2.94. The monoisotopic (exact) mass is 320 g/mol. The number of rotatable bonds is 2. The summed E-state index contributed by atoms with van der Waals surface area (Å²) in [5.41, 5.74) is 2.65. The van der Waals surface area contributed by atoms with Crippen molar-refractivity contribution in [1.82, 2.24) is 15.2 Å². The number of fused-ring (bicyclic) bond motifs is 4. The number of hydrogen-bond acceptors (Lipinski definition) is 4. The number of carbonyl (C=O) groups excluding carboxylic acids is 1. The van der Waals surface area contributed by atoms with Crippen molar-refractivity contribution in [3.05, 3.63) is 59.9 Å². The van der Waals surface area contributed by atoms with Crippen LogP contribution in [0.25, 0.3) is 0 Å². The second kappa shape index (κ2) is 5.05. The van der Waals surface area contributed by atoms with Gasteiger partial charge in [0.15, 0.2) is 0 Å². The van der Waals surface area contributed by atoms with Gasteiger partial charge in [0, 0.05) is 37.1 Å². The summed E-state index contributed by atoms with van der Waals surface area (Å²) < 4.78 is 0. The van der Waals surface area contributed by atoms with Gasteiger partial charge in [-0.05, 0) is 42.7 Å². The van der Waals surface area contributed by atoms with Crippen molar-refractivity contribution < 1.29 is 4.79 Å². The minimum absolute atomic E-state index is 0.0424. The molecule has 2 bridgehead atoms. The van der Waals surface area contributed by atoms with Gasteiger partial charge in [-0.2, -0.15) is 0 Å². The summed E-state index contributed by atoms with van der Waals surface area (Å²) in [6.07, 6.45) is 6.98. The zero-order valence-corrected chi connectivity index (χ0v) is 13.4. The van der Waals surface area contributed by atoms with Gasteiger partial charge in [-0.3, -0.25) is 14.7 Å². The van der Waals surface area contributed by atoms with E-state index in [2.05, 4.69) is 32.7 Å². The van der Waals surface area contributed by atoms with Crippen molar-refractivity contribution in [3.8, 4) is 0 Å². The van der Waals surface area contributed by atoms with Crippen LogP contribution >= 0.6 is 0 Å². The molecule has 0 aliphatic carbocycles. The first-order valence-corrected chi connectivity index (χ1v) is 8.60. The van der Waals surface area contributed by atoms with Crippen LogP contribution in [0.2, 0.25) is 0 Å². The lowest BCUT2D eigenvalue weighted by molar-refractivity contribution is 0.0870. The van der Waals surface area contributed by atoms with Crippen LogP contribution in [0.3, 0.4) is 0 Å². The number of nitrogens with zero attached hydrogens (tertiary/aromatic N) is 2. The van der Waals surface area contributed by atoms with Gasteiger partial charge < -0.3 is 10.6 Å². The van der Waals surface area contributed by atoms with Crippen LogP contribution in [-0.4, -0.2) is 33.5 Å². The van der Waals surface area contributed by atoms with Crippen LogP contribution in [0.4, 0.5) is 5.69 Å². The summed E-state index contributed by atoms with van der Waals surface area (Å²) in [6, 6.07) is 12.8. The summed E-state index contributed by atoms with van der Waals surface area (Å²) in [7, 11) is 0. The Bertz CT molecular complexity index is 793. The van der Waals surface area contributed by atoms with E-state index in [1.807, 2.05) is 36.7 Å². The molecule has 1 spiro atoms. The second-order valence-electron chi connectivity index (χ2n) is 7.07. The van der Waals surface area contributed by atoms with Crippen LogP contribution in [0.1, 0.15) is 35.2 Å². The average molecular weight is 320 g/mol. The van der Waals surface area contributed by atoms with E-state index in [1.54, 1.807) is 0 Å². The van der Waals surface area contributed by atoms with E-state index >= 15 is 0 Å². The normalized spacial score (nSPS) is 30.9. The molecule has 3 atom stereocenters. The lowest BCUT2D eigenvalue weighted by atomic mass is 9.86. The quantitative estimate of drug-likeness (QED) is 0.892. The average Bonchev–Trinajstić information content (AvgIpc) is 3.10. The van der Waals surface area contributed by atoms with Crippen LogP contribution in [-0.2, 0) is 6.54 Å². The molecular formula is C19H20N4O. The molecule has 4 heterocycles. The molecule has 5 nitrogen and oxygen atoms in total. The fourth-order valence-electron chi connectivity index (χ4n) is 4.73. The number of aromatic nitrogens is 1. The predicted molar refractivity (Wildman–Crippen MR) is 91.5 cm³/mol. The largest absolute Gasteiger partial charge is 0.361 e. The number of pyridine rings is 1. The number of hydrogen-bond donors (Lipinski definition) is 2. The van der Waals surface area contributed by atoms with Gasteiger partial charge >= 0.3 is 0 Å². The smallest absolute Gasteiger partial charge is 0.255 e. The molecule has 0 saturated carbocycles. The number of carbonyl (C=O) groups is 1. The highest BCUT2D eigenvalue weighted by atomic mass is 16.2. The fourth-order valence-corrected chi connectivity index (χ4v) is 4.73. The van der Waals surface area contributed by atoms with Crippen molar-refractivity contribution in [3.63, 3.8) is 0 Å². The van der Waals surface area contributed by atoms with Crippen LogP contribution in [0.5, 0.6) is 0 Å². The van der Waals surface area contributed by atoms with Gasteiger partial charge in [0.2, 0.25) is 0 Å². The first kappa shape index (κ1) is 14.0. The van der Waals surface area contributed by atoms with Gasteiger partial charge in [-0.25, -0.2) is 0 Å². The number of anilines is 1. The molecule has 2 saturated heterocycles. The van der Waals surface area contributed by atoms with Crippen molar-refractivity contribution in [2.24, 2.45) is 0 Å². The maximum atomic E-state index is 12.6. The van der Waals surface area contributed by atoms with Crippen molar-refractivity contribution in [1.29, 1.82) is 0 Å². The van der Waals surface area contributed by atoms with E-state index in [9.17, 15) is 4.79 Å². The molecule has 122 valence electrons. The second-order valence-corrected chi connectivity index (χ2v) is 7.07. The summed E-state index contributed by atoms with van der Waals surface area (Å²) in [5, 5.41) is 6.96. The van der Waals surface area contributed by atoms with Crippen molar-refractivity contribution in [2.75, 3.05) is 5.32 Å². The van der Waals surface area contributed by atoms with E-state index in [0.717, 1.165) is 30.6 Å². The summed E-state index contributed by atoms with van der Waals surface area (Å²) in [4.78, 5) is 19.3. The SMILES string of the molecule is O=C1N[C@@]2(C[C@H]3CC[C@@H]2N3Cc2ccncc2)Nc2ccccc21. The molecule has 24 heavy (non-hydrogen) atoms. The Labute approximate surface area is 141 Å². The Balaban J connectivity index is 1.46. The third-order valence-corrected chi connectivity index (χ3v) is 5.75. The molecule has 0 unspecified atom stereocenters. The summed E-state index contributed by atoms with van der Waals surface area (Å²) >= 11 is 0. The lowest BCUT2D eigenvalue weighted by Gasteiger charge is -2.43. The number of benzene rings is 1. The maximum Gasteiger partial charge on any atom is 0.255 e. The Morgan fingerprint density at radius 3 is 2.83 bits per heavy atom. The number of amides is 1. The molecule has 3 aliphatic rings. The van der Waals surface area contributed by atoms with E-state index in [1.165, 1.54) is 12.0 Å². The Morgan fingerprint density at radius 1 is 1.12 bits per heavy atom. The van der Waals surface area contributed by atoms with E-state index in [4.69, 9.17) is 0 Å². The first-order valence-electron chi connectivity index (χ1n) is 8.60. The predicted octanol–water partition coefficient (Wildman–Crippen LogP) is 2.37. The van der Waals surface area contributed by atoms with E-state index in [-0.39, 0.29) is 11.6 Å². The standard InChI is InChI=1S/C19H20N4O/c24-18-15-3-1-2-4-16(15)21-19(22-18)11-14-5-6-17(19)23(14)12-13-7-9-20-10-8-13/h1-4,7-10,14,17,21H,5-6,11-12H2,(H,22,24)/t14-,17+,19-/m1/s1. The molecule has 2 aromatic rings. The van der Waals surface area contributed by atoms with E-state index in [0.29, 0.717) is 12.1 Å². The maximum absolute atomic E-state index is 12.6. The van der Waals surface area contributed by atoms with Gasteiger partial charge in [-0.15, -0.1) is 0 Å². The molecule has 2 N–H and O–H groups in total. The molecular weight excluding hydrogens is 300 g/mol. The van der Waals surface area contributed by atoms with Crippen molar-refractivity contribution >= 4 is 11.6 Å². The van der Waals surface area contributed by atoms with Gasteiger partial charge in [0.05, 0.1) is 11.6 Å². The van der Waals surface area contributed by atoms with Crippen LogP contribution in [0.15, 0.2) is 48.8 Å². The molecule has 5 rings (SSSR count). The zero-order valence-electron chi connectivity index (χ0n) is 13.4. The molecule has 1 amide bonds. The first-order chi connectivity index (χ1) is 11.8. The molecule has 0 radical (unpaired) electrons. The van der Waals surface area contributed by atoms with Crippen LogP contribution in [0, 0.1) is 0 Å². The lowest BCUT2D eigenvalue weighted by Crippen LogP contribution is -2.64. The van der Waals surface area contributed by atoms with Crippen molar-refractivity contribution in [2.45, 2.75) is 43.6 Å². The highest BCUT2D eigenvalue weighted by molar-refractivity contribution is 6.02. The topological polar surface area (TPSA) is 57.3 Å². The molecule has 1 aromatic carbocycles. The van der Waals surface area contributed by atoms with E-state index < -0.39 is 0 Å². The zero-order chi connectivity index (χ0) is 16.1. The van der Waals surface area contributed by atoms with Gasteiger partial charge in [0.25, 0.3) is 5.91 Å². The minimum atomic E-state index is -0.332. The molecule has 3 aliphatic heterocycles. The number of para-hydroxylation sites is 1. The third kappa shape index (κ3) is 1.97. The van der Waals surface area contributed by atoms with Crippen LogP contribution < -0.4 is 10.6 Å². The summed E-state index contributed by atoms with van der Waals surface area (Å²) in [5.74, 6) is 0.0424. The fraction of sp³-hybridized carbons (Fsp3) is 0.368. The highest BCUT2D eigenvalue weighted by Crippen LogP contribution is 2.47. The van der Waals surface area contributed by atoms with Gasteiger partial charge in [0.1, 0.15) is 5.66 Å². The highest BCUT2D eigenvalue weighted by Gasteiger charge is 2.58.